The number of methoxy groups -OCH3 is 2. The van der Waals surface area contributed by atoms with Crippen molar-refractivity contribution in [1.82, 2.24) is 0 Å². The van der Waals surface area contributed by atoms with Crippen molar-refractivity contribution in [1.29, 1.82) is 0 Å². The summed E-state index contributed by atoms with van der Waals surface area (Å²) in [6.45, 7) is 4.17. The maximum Gasteiger partial charge on any atom is 0.197 e. The van der Waals surface area contributed by atoms with Crippen molar-refractivity contribution in [2.24, 2.45) is 0 Å². The van der Waals surface area contributed by atoms with Gasteiger partial charge in [-0.15, -0.1) is 0 Å². The van der Waals surface area contributed by atoms with Gasteiger partial charge < -0.3 is 18.9 Å². The van der Waals surface area contributed by atoms with Crippen molar-refractivity contribution in [3.63, 3.8) is 0 Å². The lowest BCUT2D eigenvalue weighted by Crippen LogP contribution is -2.18. The highest BCUT2D eigenvalue weighted by Gasteiger charge is 2.25. The predicted octanol–water partition coefficient (Wildman–Crippen LogP) is 3.49. The molecule has 0 saturated carbocycles. The Kier molecular flexibility index (Phi) is 7.30. The second-order valence-corrected chi connectivity index (χ2v) is 5.85. The maximum atomic E-state index is 11.4. The van der Waals surface area contributed by atoms with E-state index in [0.717, 1.165) is 9.86 Å². The number of carbonyl (C=O) groups excluding carboxylic acids is 1. The molecule has 0 aliphatic carbocycles. The molecule has 20 heavy (non-hydrogen) atoms. The van der Waals surface area contributed by atoms with E-state index in [-0.39, 0.29) is 0 Å². The van der Waals surface area contributed by atoms with E-state index in [9.17, 15) is 4.79 Å². The Labute approximate surface area is 145 Å². The molecular formula is C13H16I2O5. The minimum atomic E-state index is -0.471. The fraction of sp³-hybridized carbons (Fsp3) is 0.462. The average Bonchev–Trinajstić information content (AvgIpc) is 2.42. The molecule has 0 saturated heterocycles. The van der Waals surface area contributed by atoms with Gasteiger partial charge in [0.05, 0.1) is 21.4 Å². The summed E-state index contributed by atoms with van der Waals surface area (Å²) in [4.78, 5) is 11.4. The Balaban J connectivity index is 3.43. The molecule has 112 valence electrons. The number of ether oxygens (including phenoxy) is 4. The molecule has 0 spiro atoms. The van der Waals surface area contributed by atoms with Gasteiger partial charge in [-0.1, -0.05) is 0 Å². The second kappa shape index (κ2) is 8.23. The summed E-state index contributed by atoms with van der Waals surface area (Å²) < 4.78 is 23.2. The van der Waals surface area contributed by atoms with Gasteiger partial charge in [-0.3, -0.25) is 4.79 Å². The van der Waals surface area contributed by atoms with Crippen LogP contribution in [0.1, 0.15) is 24.2 Å². The van der Waals surface area contributed by atoms with E-state index >= 15 is 0 Å². The highest BCUT2D eigenvalue weighted by atomic mass is 127. The Morgan fingerprint density at radius 3 is 2.10 bits per heavy atom. The fourth-order valence-electron chi connectivity index (χ4n) is 1.68. The fourth-order valence-corrected chi connectivity index (χ4v) is 4.10. The molecule has 1 aromatic carbocycles. The van der Waals surface area contributed by atoms with Crippen LogP contribution in [0.4, 0.5) is 0 Å². The van der Waals surface area contributed by atoms with Crippen molar-refractivity contribution in [3.05, 3.63) is 12.7 Å². The second-order valence-electron chi connectivity index (χ2n) is 3.70. The number of rotatable bonds is 7. The first-order valence-corrected chi connectivity index (χ1v) is 8.03. The van der Waals surface area contributed by atoms with Crippen LogP contribution in [0.3, 0.4) is 0 Å². The molecule has 1 aromatic rings. The third kappa shape index (κ3) is 3.67. The lowest BCUT2D eigenvalue weighted by molar-refractivity contribution is -0.0621. The van der Waals surface area contributed by atoms with Crippen molar-refractivity contribution >= 4 is 51.5 Å². The molecule has 0 amide bonds. The van der Waals surface area contributed by atoms with Gasteiger partial charge in [0.1, 0.15) is 11.3 Å². The van der Waals surface area contributed by atoms with Gasteiger partial charge in [0, 0.05) is 6.61 Å². The highest BCUT2D eigenvalue weighted by molar-refractivity contribution is 14.1. The quantitative estimate of drug-likeness (QED) is 0.322. The highest BCUT2D eigenvalue weighted by Crippen LogP contribution is 2.44. The van der Waals surface area contributed by atoms with E-state index in [4.69, 9.17) is 18.9 Å². The normalized spacial score (nSPS) is 11.9. The molecule has 0 aliphatic rings. The molecule has 5 nitrogen and oxygen atoms in total. The van der Waals surface area contributed by atoms with Crippen LogP contribution >= 0.6 is 45.2 Å². The molecule has 0 aliphatic heterocycles. The van der Waals surface area contributed by atoms with Crippen molar-refractivity contribution in [2.75, 3.05) is 20.8 Å². The molecule has 1 rings (SSSR count). The first-order chi connectivity index (χ1) is 9.51. The number of aldehydes is 1. The van der Waals surface area contributed by atoms with Crippen LogP contribution in [0.25, 0.3) is 0 Å². The molecule has 1 unspecified atom stereocenters. The summed E-state index contributed by atoms with van der Waals surface area (Å²) in [5.74, 6) is 1.47. The van der Waals surface area contributed by atoms with Gasteiger partial charge in [0.2, 0.25) is 0 Å². The largest absolute Gasteiger partial charge is 0.495 e. The van der Waals surface area contributed by atoms with Crippen LogP contribution in [0.5, 0.6) is 17.2 Å². The summed E-state index contributed by atoms with van der Waals surface area (Å²) in [6.07, 6.45) is 0.248. The van der Waals surface area contributed by atoms with Crippen molar-refractivity contribution in [3.8, 4) is 17.2 Å². The summed E-state index contributed by atoms with van der Waals surface area (Å²) in [5, 5.41) is 0. The summed E-state index contributed by atoms with van der Waals surface area (Å²) in [7, 11) is 3.07. The number of halogens is 2. The molecule has 0 aromatic heterocycles. The maximum absolute atomic E-state index is 11.4. The van der Waals surface area contributed by atoms with E-state index in [1.807, 2.05) is 6.92 Å². The lowest BCUT2D eigenvalue weighted by Gasteiger charge is -2.21. The summed E-state index contributed by atoms with van der Waals surface area (Å²) in [6, 6.07) is 0. The zero-order valence-electron chi connectivity index (χ0n) is 11.7. The SMILES string of the molecule is CCOC(C)Oc1c(I)c(OC)c(I)c(OC)c1C=O. The third-order valence-corrected chi connectivity index (χ3v) is 4.46. The van der Waals surface area contributed by atoms with Crippen LogP contribution in [0.15, 0.2) is 0 Å². The van der Waals surface area contributed by atoms with Crippen LogP contribution in [0, 0.1) is 7.14 Å². The number of hydrogen-bond donors (Lipinski definition) is 0. The van der Waals surface area contributed by atoms with E-state index < -0.39 is 6.29 Å². The van der Waals surface area contributed by atoms with Crippen LogP contribution in [0.2, 0.25) is 0 Å². The lowest BCUT2D eigenvalue weighted by atomic mass is 10.2. The Morgan fingerprint density at radius 1 is 1.10 bits per heavy atom. The zero-order valence-corrected chi connectivity index (χ0v) is 16.0. The van der Waals surface area contributed by atoms with Crippen LogP contribution in [-0.4, -0.2) is 33.4 Å². The predicted molar refractivity (Wildman–Crippen MR) is 92.1 cm³/mol. The van der Waals surface area contributed by atoms with Gasteiger partial charge in [-0.25, -0.2) is 0 Å². The Bertz CT molecular complexity index is 490. The van der Waals surface area contributed by atoms with E-state index in [0.29, 0.717) is 33.0 Å². The van der Waals surface area contributed by atoms with Crippen molar-refractivity contribution in [2.45, 2.75) is 20.1 Å². The minimum absolute atomic E-state index is 0.355. The minimum Gasteiger partial charge on any atom is -0.495 e. The molecule has 1 atom stereocenters. The summed E-state index contributed by atoms with van der Waals surface area (Å²) >= 11 is 4.17. The van der Waals surface area contributed by atoms with Gasteiger partial charge >= 0.3 is 0 Å². The topological polar surface area (TPSA) is 54.0 Å². The van der Waals surface area contributed by atoms with Gasteiger partial charge in [0.15, 0.2) is 24.1 Å². The third-order valence-electron chi connectivity index (χ3n) is 2.50. The van der Waals surface area contributed by atoms with Crippen LogP contribution < -0.4 is 14.2 Å². The molecule has 0 radical (unpaired) electrons. The smallest absolute Gasteiger partial charge is 0.197 e. The first kappa shape index (κ1) is 17.8. The van der Waals surface area contributed by atoms with Gasteiger partial charge in [-0.2, -0.15) is 0 Å². The van der Waals surface area contributed by atoms with Crippen LogP contribution in [-0.2, 0) is 4.74 Å². The standard InChI is InChI=1S/C13H16I2O5/c1-5-19-7(2)20-12-8(6-16)11(17-3)9(14)13(18-4)10(12)15/h6-7H,5H2,1-4H3. The number of carbonyl (C=O) groups is 1. The first-order valence-electron chi connectivity index (χ1n) is 5.88. The molecule has 7 heteroatoms. The molecule has 0 fully saturated rings. The van der Waals surface area contributed by atoms with Crippen molar-refractivity contribution < 1.29 is 23.7 Å². The monoisotopic (exact) mass is 506 g/mol. The molecule has 0 N–H and O–H groups in total. The zero-order chi connectivity index (χ0) is 15.3. The Morgan fingerprint density at radius 2 is 1.65 bits per heavy atom. The number of benzene rings is 1. The average molecular weight is 506 g/mol. The molecular weight excluding hydrogens is 490 g/mol. The van der Waals surface area contributed by atoms with E-state index in [2.05, 4.69) is 45.2 Å². The molecule has 0 heterocycles. The van der Waals surface area contributed by atoms with Gasteiger partial charge in [-0.05, 0) is 59.0 Å². The number of hydrogen-bond acceptors (Lipinski definition) is 5. The van der Waals surface area contributed by atoms with E-state index in [1.54, 1.807) is 14.0 Å². The molecule has 0 bridgehead atoms. The van der Waals surface area contributed by atoms with E-state index in [1.165, 1.54) is 7.11 Å². The van der Waals surface area contributed by atoms with Gasteiger partial charge in [0.25, 0.3) is 0 Å². The Hall–Kier alpha value is -0.290. The summed E-state index contributed by atoms with van der Waals surface area (Å²) in [5.41, 5.74) is 0.355.